The van der Waals surface area contributed by atoms with E-state index < -0.39 is 12.0 Å². The van der Waals surface area contributed by atoms with Crippen molar-refractivity contribution in [3.05, 3.63) is 66.4 Å². The number of aromatic amines is 1. The third kappa shape index (κ3) is 2.29. The molecule has 0 radical (unpaired) electrons. The molecule has 4 heteroatoms. The number of carbonyl (C=O) groups is 1. The predicted molar refractivity (Wildman–Crippen MR) is 78.3 cm³/mol. The minimum absolute atomic E-state index is 0.444. The number of rotatable bonds is 3. The van der Waals surface area contributed by atoms with Crippen molar-refractivity contribution in [3.63, 3.8) is 0 Å². The van der Waals surface area contributed by atoms with Crippen molar-refractivity contribution >= 4 is 22.5 Å². The molecule has 1 atom stereocenters. The van der Waals surface area contributed by atoms with E-state index in [1.165, 1.54) is 0 Å². The predicted octanol–water partition coefficient (Wildman–Crippen LogP) is 2.84. The molecule has 3 aromatic rings. The van der Waals surface area contributed by atoms with E-state index in [2.05, 4.69) is 10.3 Å². The summed E-state index contributed by atoms with van der Waals surface area (Å²) in [4.78, 5) is 15.1. The third-order valence-electron chi connectivity index (χ3n) is 3.21. The van der Waals surface area contributed by atoms with Gasteiger partial charge in [0.05, 0.1) is 0 Å². The van der Waals surface area contributed by atoms with Crippen molar-refractivity contribution in [1.29, 1.82) is 0 Å². The van der Waals surface area contributed by atoms with E-state index in [1.807, 2.05) is 42.5 Å². The number of hydrogen-bond donors (Lipinski definition) is 3. The number of para-hydroxylation sites is 2. The summed E-state index contributed by atoms with van der Waals surface area (Å²) in [5, 5.41) is 13.7. The Morgan fingerprint density at radius 2 is 1.75 bits per heavy atom. The van der Waals surface area contributed by atoms with Gasteiger partial charge in [-0.05, 0) is 18.2 Å². The normalized spacial score (nSPS) is 12.2. The maximum Gasteiger partial charge on any atom is 0.257 e. The van der Waals surface area contributed by atoms with Gasteiger partial charge in [-0.3, -0.25) is 4.79 Å². The fraction of sp³-hybridized carbons (Fsp3) is 0.0625. The van der Waals surface area contributed by atoms with Crippen LogP contribution in [0.3, 0.4) is 0 Å². The van der Waals surface area contributed by atoms with E-state index >= 15 is 0 Å². The third-order valence-corrected chi connectivity index (χ3v) is 3.21. The highest BCUT2D eigenvalue weighted by Crippen LogP contribution is 2.24. The topological polar surface area (TPSA) is 65.1 Å². The first-order valence-electron chi connectivity index (χ1n) is 6.36. The van der Waals surface area contributed by atoms with Crippen LogP contribution in [0.2, 0.25) is 0 Å². The van der Waals surface area contributed by atoms with Gasteiger partial charge in [0, 0.05) is 28.4 Å². The van der Waals surface area contributed by atoms with Gasteiger partial charge in [-0.1, -0.05) is 36.4 Å². The number of hydrogen-bond acceptors (Lipinski definition) is 2. The molecule has 0 fully saturated rings. The van der Waals surface area contributed by atoms with Crippen LogP contribution in [0, 0.1) is 0 Å². The Morgan fingerprint density at radius 1 is 1.05 bits per heavy atom. The Labute approximate surface area is 116 Å². The summed E-state index contributed by atoms with van der Waals surface area (Å²) in [6.07, 6.45) is 0.464. The number of aliphatic hydroxyl groups is 1. The summed E-state index contributed by atoms with van der Waals surface area (Å²) in [5.74, 6) is -0.444. The Hall–Kier alpha value is -2.59. The standard InChI is InChI=1S/C16H14N2O2/c19-15(16(20)18-11-6-2-1-3-7-11)13-10-17-14-9-5-4-8-12(13)14/h1-10,15,17,19H,(H,18,20). The van der Waals surface area contributed by atoms with Crippen LogP contribution in [-0.4, -0.2) is 16.0 Å². The Morgan fingerprint density at radius 3 is 2.55 bits per heavy atom. The molecule has 0 spiro atoms. The van der Waals surface area contributed by atoms with Crippen LogP contribution in [0.15, 0.2) is 60.8 Å². The first-order chi connectivity index (χ1) is 9.75. The lowest BCUT2D eigenvalue weighted by Crippen LogP contribution is -2.20. The highest BCUT2D eigenvalue weighted by atomic mass is 16.3. The average molecular weight is 266 g/mol. The molecular formula is C16H14N2O2. The molecule has 0 aliphatic heterocycles. The molecular weight excluding hydrogens is 252 g/mol. The second-order valence-electron chi connectivity index (χ2n) is 4.55. The van der Waals surface area contributed by atoms with Gasteiger partial charge in [-0.25, -0.2) is 0 Å². The highest BCUT2D eigenvalue weighted by molar-refractivity contribution is 5.98. The lowest BCUT2D eigenvalue weighted by Gasteiger charge is -2.10. The van der Waals surface area contributed by atoms with Gasteiger partial charge in [-0.2, -0.15) is 0 Å². The molecule has 3 N–H and O–H groups in total. The van der Waals surface area contributed by atoms with Gasteiger partial charge in [-0.15, -0.1) is 0 Å². The number of fused-ring (bicyclic) bond motifs is 1. The minimum Gasteiger partial charge on any atom is -0.378 e. The van der Waals surface area contributed by atoms with Crippen LogP contribution in [0.25, 0.3) is 10.9 Å². The maximum atomic E-state index is 12.1. The van der Waals surface area contributed by atoms with Gasteiger partial charge >= 0.3 is 0 Å². The molecule has 0 saturated carbocycles. The molecule has 0 aliphatic rings. The Balaban J connectivity index is 1.85. The number of aliphatic hydroxyl groups excluding tert-OH is 1. The Bertz CT molecular complexity index is 734. The van der Waals surface area contributed by atoms with Crippen LogP contribution in [0.1, 0.15) is 11.7 Å². The van der Waals surface area contributed by atoms with E-state index in [0.29, 0.717) is 11.3 Å². The molecule has 2 aromatic carbocycles. The SMILES string of the molecule is O=C(Nc1ccccc1)C(O)c1c[nH]c2ccccc12. The van der Waals surface area contributed by atoms with Gasteiger partial charge < -0.3 is 15.4 Å². The summed E-state index contributed by atoms with van der Waals surface area (Å²) in [7, 11) is 0. The number of amides is 1. The summed E-state index contributed by atoms with van der Waals surface area (Å²) in [6, 6.07) is 16.6. The zero-order valence-electron chi connectivity index (χ0n) is 10.7. The van der Waals surface area contributed by atoms with Crippen LogP contribution in [0.5, 0.6) is 0 Å². The fourth-order valence-corrected chi connectivity index (χ4v) is 2.19. The van der Waals surface area contributed by atoms with Crippen molar-refractivity contribution in [2.24, 2.45) is 0 Å². The first kappa shape index (κ1) is 12.4. The highest BCUT2D eigenvalue weighted by Gasteiger charge is 2.20. The molecule has 100 valence electrons. The maximum absolute atomic E-state index is 12.1. The molecule has 0 bridgehead atoms. The molecule has 4 nitrogen and oxygen atoms in total. The molecule has 0 saturated heterocycles. The average Bonchev–Trinajstić information content (AvgIpc) is 2.91. The van der Waals surface area contributed by atoms with E-state index in [4.69, 9.17) is 0 Å². The summed E-state index contributed by atoms with van der Waals surface area (Å²) < 4.78 is 0. The molecule has 1 amide bonds. The lowest BCUT2D eigenvalue weighted by atomic mass is 10.1. The largest absolute Gasteiger partial charge is 0.378 e. The van der Waals surface area contributed by atoms with Crippen molar-refractivity contribution < 1.29 is 9.90 Å². The monoisotopic (exact) mass is 266 g/mol. The van der Waals surface area contributed by atoms with Crippen molar-refractivity contribution in [3.8, 4) is 0 Å². The van der Waals surface area contributed by atoms with Crippen LogP contribution in [0.4, 0.5) is 5.69 Å². The summed E-state index contributed by atoms with van der Waals surface area (Å²) in [5.41, 5.74) is 2.14. The van der Waals surface area contributed by atoms with E-state index in [1.54, 1.807) is 18.3 Å². The number of benzene rings is 2. The second kappa shape index (κ2) is 5.19. The minimum atomic E-state index is -1.20. The lowest BCUT2D eigenvalue weighted by molar-refractivity contribution is -0.124. The number of nitrogens with one attached hydrogen (secondary N) is 2. The molecule has 20 heavy (non-hydrogen) atoms. The van der Waals surface area contributed by atoms with Gasteiger partial charge in [0.25, 0.3) is 5.91 Å². The van der Waals surface area contributed by atoms with Gasteiger partial charge in [0.2, 0.25) is 0 Å². The number of carbonyl (C=O) groups excluding carboxylic acids is 1. The van der Waals surface area contributed by atoms with Gasteiger partial charge in [0.1, 0.15) is 0 Å². The molecule has 1 unspecified atom stereocenters. The molecule has 1 aromatic heterocycles. The fourth-order valence-electron chi connectivity index (χ4n) is 2.19. The summed E-state index contributed by atoms with van der Waals surface area (Å²) >= 11 is 0. The van der Waals surface area contributed by atoms with E-state index in [-0.39, 0.29) is 0 Å². The number of anilines is 1. The zero-order valence-corrected chi connectivity index (χ0v) is 10.7. The first-order valence-corrected chi connectivity index (χ1v) is 6.36. The van der Waals surface area contributed by atoms with Crippen LogP contribution >= 0.6 is 0 Å². The second-order valence-corrected chi connectivity index (χ2v) is 4.55. The van der Waals surface area contributed by atoms with Crippen molar-refractivity contribution in [2.45, 2.75) is 6.10 Å². The Kier molecular flexibility index (Phi) is 3.23. The van der Waals surface area contributed by atoms with E-state index in [9.17, 15) is 9.90 Å². The molecule has 3 rings (SSSR count). The van der Waals surface area contributed by atoms with Crippen molar-refractivity contribution in [1.82, 2.24) is 4.98 Å². The number of aromatic nitrogens is 1. The zero-order chi connectivity index (χ0) is 13.9. The van der Waals surface area contributed by atoms with Gasteiger partial charge in [0.15, 0.2) is 6.10 Å². The molecule has 1 heterocycles. The van der Waals surface area contributed by atoms with Crippen LogP contribution in [-0.2, 0) is 4.79 Å². The summed E-state index contributed by atoms with van der Waals surface area (Å²) in [6.45, 7) is 0. The molecule has 0 aliphatic carbocycles. The van der Waals surface area contributed by atoms with Crippen LogP contribution < -0.4 is 5.32 Å². The van der Waals surface area contributed by atoms with E-state index in [0.717, 1.165) is 10.9 Å². The van der Waals surface area contributed by atoms with Crippen molar-refractivity contribution in [2.75, 3.05) is 5.32 Å². The smallest absolute Gasteiger partial charge is 0.257 e. The quantitative estimate of drug-likeness (QED) is 0.682. The number of H-pyrrole nitrogens is 1.